The number of amides is 1. The minimum atomic E-state index is 0.184. The number of rotatable bonds is 3. The minimum absolute atomic E-state index is 0.184. The highest BCUT2D eigenvalue weighted by Gasteiger charge is 2.23. The maximum atomic E-state index is 11.5. The Hall–Kier alpha value is -1.33. The Morgan fingerprint density at radius 3 is 2.95 bits per heavy atom. The van der Waals surface area contributed by atoms with E-state index in [1.54, 1.807) is 17.0 Å². The average Bonchev–Trinajstić information content (AvgIpc) is 2.36. The zero-order chi connectivity index (χ0) is 14.0. The van der Waals surface area contributed by atoms with Crippen LogP contribution in [0.2, 0.25) is 5.02 Å². The molecule has 0 spiro atoms. The first-order valence-corrected chi connectivity index (χ1v) is 6.86. The molecule has 1 unspecified atom stereocenters. The van der Waals surface area contributed by atoms with E-state index in [1.165, 1.54) is 0 Å². The molecule has 0 aliphatic carbocycles. The minimum Gasteiger partial charge on any atom is -0.389 e. The average molecular weight is 298 g/mol. The SMILES string of the molecule is CN1CC(Nc2ccc(Cl)cc2C(N)=S)CCC1=O. The summed E-state index contributed by atoms with van der Waals surface area (Å²) in [6.45, 7) is 0.679. The second-order valence-corrected chi connectivity index (χ2v) is 5.58. The van der Waals surface area contributed by atoms with Gasteiger partial charge in [-0.05, 0) is 24.6 Å². The van der Waals surface area contributed by atoms with Crippen molar-refractivity contribution in [2.45, 2.75) is 18.9 Å². The smallest absolute Gasteiger partial charge is 0.222 e. The van der Waals surface area contributed by atoms with Gasteiger partial charge in [0.05, 0.1) is 0 Å². The number of likely N-dealkylation sites (tertiary alicyclic amines) is 1. The first kappa shape index (κ1) is 14.1. The Morgan fingerprint density at radius 1 is 1.58 bits per heavy atom. The number of carbonyl (C=O) groups is 1. The third-order valence-electron chi connectivity index (χ3n) is 3.23. The molecule has 102 valence electrons. The summed E-state index contributed by atoms with van der Waals surface area (Å²) in [7, 11) is 1.81. The molecule has 1 heterocycles. The molecule has 1 aromatic carbocycles. The topological polar surface area (TPSA) is 58.4 Å². The van der Waals surface area contributed by atoms with Crippen LogP contribution in [0.25, 0.3) is 0 Å². The van der Waals surface area contributed by atoms with Crippen LogP contribution in [-0.4, -0.2) is 35.4 Å². The van der Waals surface area contributed by atoms with E-state index in [-0.39, 0.29) is 11.9 Å². The summed E-state index contributed by atoms with van der Waals surface area (Å²) < 4.78 is 0. The van der Waals surface area contributed by atoms with Crippen molar-refractivity contribution in [3.05, 3.63) is 28.8 Å². The lowest BCUT2D eigenvalue weighted by molar-refractivity contribution is -0.132. The van der Waals surface area contributed by atoms with Crippen LogP contribution in [0.15, 0.2) is 18.2 Å². The predicted molar refractivity (Wildman–Crippen MR) is 81.6 cm³/mol. The van der Waals surface area contributed by atoms with Crippen LogP contribution in [0.1, 0.15) is 18.4 Å². The molecule has 1 saturated heterocycles. The first-order valence-electron chi connectivity index (χ1n) is 6.07. The van der Waals surface area contributed by atoms with Crippen molar-refractivity contribution in [2.75, 3.05) is 18.9 Å². The van der Waals surface area contributed by atoms with Crippen LogP contribution in [0.3, 0.4) is 0 Å². The van der Waals surface area contributed by atoms with E-state index in [0.717, 1.165) is 17.7 Å². The fourth-order valence-electron chi connectivity index (χ4n) is 2.20. The number of halogens is 1. The van der Waals surface area contributed by atoms with Crippen LogP contribution < -0.4 is 11.1 Å². The highest BCUT2D eigenvalue weighted by molar-refractivity contribution is 7.80. The van der Waals surface area contributed by atoms with Crippen molar-refractivity contribution in [2.24, 2.45) is 5.73 Å². The molecule has 0 aromatic heterocycles. The van der Waals surface area contributed by atoms with Crippen LogP contribution in [0, 0.1) is 0 Å². The lowest BCUT2D eigenvalue weighted by atomic mass is 10.0. The molecule has 1 amide bonds. The van der Waals surface area contributed by atoms with Gasteiger partial charge in [-0.25, -0.2) is 0 Å². The molecule has 1 fully saturated rings. The van der Waals surface area contributed by atoms with Gasteiger partial charge in [0.15, 0.2) is 0 Å². The summed E-state index contributed by atoms with van der Waals surface area (Å²) in [5.41, 5.74) is 7.31. The lowest BCUT2D eigenvalue weighted by Gasteiger charge is -2.31. The summed E-state index contributed by atoms with van der Waals surface area (Å²) in [6.07, 6.45) is 1.37. The van der Waals surface area contributed by atoms with Gasteiger partial charge in [0.1, 0.15) is 4.99 Å². The van der Waals surface area contributed by atoms with Gasteiger partial charge in [0.2, 0.25) is 5.91 Å². The summed E-state index contributed by atoms with van der Waals surface area (Å²) in [4.78, 5) is 13.5. The van der Waals surface area contributed by atoms with Gasteiger partial charge in [-0.3, -0.25) is 4.79 Å². The first-order chi connectivity index (χ1) is 8.97. The van der Waals surface area contributed by atoms with E-state index >= 15 is 0 Å². The molecule has 0 bridgehead atoms. The van der Waals surface area contributed by atoms with Crippen LogP contribution in [-0.2, 0) is 4.79 Å². The van der Waals surface area contributed by atoms with E-state index in [2.05, 4.69) is 5.32 Å². The highest BCUT2D eigenvalue weighted by atomic mass is 35.5. The molecule has 0 radical (unpaired) electrons. The molecule has 1 aliphatic heterocycles. The normalized spacial score (nSPS) is 19.4. The highest BCUT2D eigenvalue weighted by Crippen LogP contribution is 2.23. The molecular weight excluding hydrogens is 282 g/mol. The Kier molecular flexibility index (Phi) is 4.27. The zero-order valence-electron chi connectivity index (χ0n) is 10.6. The van der Waals surface area contributed by atoms with Crippen molar-refractivity contribution in [3.63, 3.8) is 0 Å². The van der Waals surface area contributed by atoms with Crippen molar-refractivity contribution >= 4 is 40.4 Å². The summed E-state index contributed by atoms with van der Waals surface area (Å²) in [5.74, 6) is 0.184. The summed E-state index contributed by atoms with van der Waals surface area (Å²) in [6, 6.07) is 5.62. The maximum absolute atomic E-state index is 11.5. The van der Waals surface area contributed by atoms with Crippen molar-refractivity contribution in [1.29, 1.82) is 0 Å². The number of nitrogens with one attached hydrogen (secondary N) is 1. The Bertz CT molecular complexity index is 521. The number of carbonyl (C=O) groups excluding carboxylic acids is 1. The lowest BCUT2D eigenvalue weighted by Crippen LogP contribution is -2.43. The summed E-state index contributed by atoms with van der Waals surface area (Å²) in [5, 5.41) is 3.99. The van der Waals surface area contributed by atoms with Crippen molar-refractivity contribution in [1.82, 2.24) is 4.90 Å². The molecule has 1 aromatic rings. The fourth-order valence-corrected chi connectivity index (χ4v) is 2.54. The fraction of sp³-hybridized carbons (Fsp3) is 0.385. The molecule has 1 atom stereocenters. The van der Waals surface area contributed by atoms with Gasteiger partial charge in [-0.15, -0.1) is 0 Å². The molecule has 0 saturated carbocycles. The molecule has 1 aliphatic rings. The van der Waals surface area contributed by atoms with Gasteiger partial charge >= 0.3 is 0 Å². The number of thiocarbonyl (C=S) groups is 1. The molecular formula is C13H16ClN3OS. The van der Waals surface area contributed by atoms with Gasteiger partial charge in [0, 0.05) is 42.3 Å². The third-order valence-corrected chi connectivity index (χ3v) is 3.69. The van der Waals surface area contributed by atoms with E-state index in [4.69, 9.17) is 29.6 Å². The van der Waals surface area contributed by atoms with Gasteiger partial charge in [-0.2, -0.15) is 0 Å². The Morgan fingerprint density at radius 2 is 2.32 bits per heavy atom. The van der Waals surface area contributed by atoms with E-state index in [0.29, 0.717) is 23.0 Å². The number of hydrogen-bond acceptors (Lipinski definition) is 3. The van der Waals surface area contributed by atoms with Crippen LogP contribution in [0.5, 0.6) is 0 Å². The second-order valence-electron chi connectivity index (χ2n) is 4.71. The Labute approximate surface area is 122 Å². The van der Waals surface area contributed by atoms with Gasteiger partial charge in [-0.1, -0.05) is 23.8 Å². The molecule has 19 heavy (non-hydrogen) atoms. The third kappa shape index (κ3) is 3.36. The molecule has 6 heteroatoms. The standard InChI is InChI=1S/C13H16ClN3OS/c1-17-7-9(3-5-12(17)18)16-11-4-2-8(14)6-10(11)13(15)19/h2,4,6,9,16H,3,5,7H2,1H3,(H2,15,19). The molecule has 4 nitrogen and oxygen atoms in total. The van der Waals surface area contributed by atoms with Crippen LogP contribution in [0.4, 0.5) is 5.69 Å². The number of hydrogen-bond donors (Lipinski definition) is 2. The zero-order valence-corrected chi connectivity index (χ0v) is 12.2. The summed E-state index contributed by atoms with van der Waals surface area (Å²) >= 11 is 11.0. The second kappa shape index (κ2) is 5.75. The number of nitrogens with two attached hydrogens (primary N) is 1. The number of benzene rings is 1. The monoisotopic (exact) mass is 297 g/mol. The van der Waals surface area contributed by atoms with Crippen molar-refractivity contribution in [3.8, 4) is 0 Å². The van der Waals surface area contributed by atoms with E-state index < -0.39 is 0 Å². The van der Waals surface area contributed by atoms with E-state index in [9.17, 15) is 4.79 Å². The quantitative estimate of drug-likeness (QED) is 0.838. The number of nitrogens with zero attached hydrogens (tertiary/aromatic N) is 1. The molecule has 3 N–H and O–H groups in total. The van der Waals surface area contributed by atoms with Crippen molar-refractivity contribution < 1.29 is 4.79 Å². The number of anilines is 1. The molecule has 2 rings (SSSR count). The largest absolute Gasteiger partial charge is 0.389 e. The van der Waals surface area contributed by atoms with Crippen LogP contribution >= 0.6 is 23.8 Å². The van der Waals surface area contributed by atoms with Gasteiger partial charge in [0.25, 0.3) is 0 Å². The number of piperidine rings is 1. The number of likely N-dealkylation sites (N-methyl/N-ethyl adjacent to an activating group) is 1. The maximum Gasteiger partial charge on any atom is 0.222 e. The Balaban J connectivity index is 2.15. The van der Waals surface area contributed by atoms with Gasteiger partial charge < -0.3 is 16.0 Å². The predicted octanol–water partition coefficient (Wildman–Crippen LogP) is 2.01. The van der Waals surface area contributed by atoms with E-state index in [1.807, 2.05) is 13.1 Å².